The van der Waals surface area contributed by atoms with Crippen LogP contribution in [0.25, 0.3) is 0 Å². The first-order valence-corrected chi connectivity index (χ1v) is 7.09. The molecule has 5 nitrogen and oxygen atoms in total. The lowest BCUT2D eigenvalue weighted by Gasteiger charge is -2.11. The Kier molecular flexibility index (Phi) is 5.48. The van der Waals surface area contributed by atoms with Gasteiger partial charge in [0.1, 0.15) is 4.90 Å². The van der Waals surface area contributed by atoms with Gasteiger partial charge >= 0.3 is 0 Å². The van der Waals surface area contributed by atoms with Gasteiger partial charge in [-0.1, -0.05) is 42.5 Å². The van der Waals surface area contributed by atoms with E-state index in [1.807, 2.05) is 36.6 Å². The quantitative estimate of drug-likeness (QED) is 0.483. The Bertz CT molecular complexity index is 619. The lowest BCUT2D eigenvalue weighted by atomic mass is 10.1. The van der Waals surface area contributed by atoms with Crippen LogP contribution in [0, 0.1) is 10.1 Å². The molecule has 21 heavy (non-hydrogen) atoms. The van der Waals surface area contributed by atoms with Crippen LogP contribution in [-0.2, 0) is 11.2 Å². The summed E-state index contributed by atoms with van der Waals surface area (Å²) in [6.07, 6.45) is 2.40. The van der Waals surface area contributed by atoms with E-state index in [1.165, 1.54) is 6.07 Å². The summed E-state index contributed by atoms with van der Waals surface area (Å²) < 4.78 is 2.92. The molecule has 0 saturated heterocycles. The zero-order valence-corrected chi connectivity index (χ0v) is 11.9. The van der Waals surface area contributed by atoms with Crippen molar-refractivity contribution in [3.8, 4) is 0 Å². The van der Waals surface area contributed by atoms with Crippen LogP contribution < -0.4 is 4.72 Å². The minimum atomic E-state index is -0.530. The highest BCUT2D eigenvalue weighted by atomic mass is 32.2. The maximum atomic E-state index is 11.0. The van der Waals surface area contributed by atoms with Crippen molar-refractivity contribution in [1.29, 1.82) is 0 Å². The van der Waals surface area contributed by atoms with Crippen molar-refractivity contribution >= 4 is 23.9 Å². The van der Waals surface area contributed by atoms with Crippen molar-refractivity contribution in [1.82, 2.24) is 4.72 Å². The molecule has 1 unspecified atom stereocenters. The number of nitrogens with one attached hydrogen (secondary N) is 1. The number of nitrogens with zero attached hydrogens (tertiary/aromatic N) is 1. The SMILES string of the molecule is O=[C]C(Cc1ccccc1)NSc1ccccc1[N+](=O)[O-]. The van der Waals surface area contributed by atoms with E-state index in [-0.39, 0.29) is 5.69 Å². The molecule has 0 aliphatic heterocycles. The summed E-state index contributed by atoms with van der Waals surface area (Å²) in [6.45, 7) is 0. The third-order valence-corrected chi connectivity index (χ3v) is 3.77. The molecular formula is C15H13N2O3S. The van der Waals surface area contributed by atoms with E-state index >= 15 is 0 Å². The Hall–Kier alpha value is -2.18. The molecule has 1 radical (unpaired) electrons. The van der Waals surface area contributed by atoms with Gasteiger partial charge in [-0.2, -0.15) is 0 Å². The standard InChI is InChI=1S/C15H13N2O3S/c18-11-13(10-12-6-2-1-3-7-12)16-21-15-9-5-4-8-14(15)17(19)20/h1-9,13,16H,10H2. The third kappa shape index (κ3) is 4.40. The van der Waals surface area contributed by atoms with Crippen molar-refractivity contribution in [2.45, 2.75) is 17.4 Å². The zero-order valence-electron chi connectivity index (χ0n) is 11.1. The number of carbonyl (C=O) groups excluding carboxylic acids is 1. The smallest absolute Gasteiger partial charge is 0.284 e. The first-order valence-electron chi connectivity index (χ1n) is 6.28. The van der Waals surface area contributed by atoms with E-state index in [9.17, 15) is 14.9 Å². The molecule has 1 atom stereocenters. The van der Waals surface area contributed by atoms with Gasteiger partial charge in [0.25, 0.3) is 5.69 Å². The normalized spacial score (nSPS) is 11.8. The highest BCUT2D eigenvalue weighted by Crippen LogP contribution is 2.26. The molecule has 2 rings (SSSR count). The molecular weight excluding hydrogens is 288 g/mol. The second kappa shape index (κ2) is 7.56. The van der Waals surface area contributed by atoms with Gasteiger partial charge in [-0.25, -0.2) is 4.72 Å². The largest absolute Gasteiger partial charge is 0.289 e. The highest BCUT2D eigenvalue weighted by Gasteiger charge is 2.15. The minimum absolute atomic E-state index is 0.0133. The topological polar surface area (TPSA) is 72.2 Å². The van der Waals surface area contributed by atoms with E-state index in [0.29, 0.717) is 11.3 Å². The molecule has 107 valence electrons. The predicted octanol–water partition coefficient (Wildman–Crippen LogP) is 2.91. The molecule has 0 saturated carbocycles. The number of rotatable bonds is 7. The first kappa shape index (κ1) is 15.2. The van der Waals surface area contributed by atoms with Gasteiger partial charge in [0.05, 0.1) is 11.0 Å². The average molecular weight is 301 g/mol. The van der Waals surface area contributed by atoms with Gasteiger partial charge in [-0.3, -0.25) is 14.9 Å². The first-order chi connectivity index (χ1) is 10.2. The number of nitro groups is 1. The molecule has 0 aliphatic carbocycles. The molecule has 0 heterocycles. The maximum absolute atomic E-state index is 11.0. The van der Waals surface area contributed by atoms with Crippen LogP contribution in [0.5, 0.6) is 0 Å². The fourth-order valence-corrected chi connectivity index (χ4v) is 2.58. The van der Waals surface area contributed by atoms with Gasteiger partial charge in [-0.05, 0) is 30.0 Å². The molecule has 0 spiro atoms. The molecule has 0 amide bonds. The van der Waals surface area contributed by atoms with Crippen LogP contribution >= 0.6 is 11.9 Å². The van der Waals surface area contributed by atoms with Gasteiger partial charge in [0.15, 0.2) is 0 Å². The van der Waals surface area contributed by atoms with Crippen LogP contribution in [0.4, 0.5) is 5.69 Å². The van der Waals surface area contributed by atoms with Gasteiger partial charge in [-0.15, -0.1) is 0 Å². The van der Waals surface area contributed by atoms with Crippen molar-refractivity contribution < 1.29 is 9.72 Å². The fourth-order valence-electron chi connectivity index (χ4n) is 1.79. The van der Waals surface area contributed by atoms with Crippen LogP contribution in [0.2, 0.25) is 0 Å². The Morgan fingerprint density at radius 2 is 1.81 bits per heavy atom. The summed E-state index contributed by atoms with van der Waals surface area (Å²) in [6, 6.07) is 15.4. The van der Waals surface area contributed by atoms with Crippen molar-refractivity contribution in [2.75, 3.05) is 0 Å². The van der Waals surface area contributed by atoms with Crippen molar-refractivity contribution in [2.24, 2.45) is 0 Å². The number of hydrogen-bond acceptors (Lipinski definition) is 5. The van der Waals surface area contributed by atoms with Crippen LogP contribution in [-0.4, -0.2) is 17.3 Å². The highest BCUT2D eigenvalue weighted by molar-refractivity contribution is 7.97. The van der Waals surface area contributed by atoms with Crippen molar-refractivity contribution in [3.05, 3.63) is 70.3 Å². The second-order valence-electron chi connectivity index (χ2n) is 4.30. The number of para-hydroxylation sites is 1. The van der Waals surface area contributed by atoms with Crippen LogP contribution in [0.1, 0.15) is 5.56 Å². The molecule has 6 heteroatoms. The van der Waals surface area contributed by atoms with E-state index in [4.69, 9.17) is 0 Å². The Labute approximate surface area is 126 Å². The minimum Gasteiger partial charge on any atom is -0.289 e. The number of benzene rings is 2. The molecule has 2 aromatic rings. The van der Waals surface area contributed by atoms with E-state index in [0.717, 1.165) is 17.5 Å². The van der Waals surface area contributed by atoms with E-state index in [2.05, 4.69) is 4.72 Å². The summed E-state index contributed by atoms with van der Waals surface area (Å²) in [5.41, 5.74) is 1.01. The Morgan fingerprint density at radius 3 is 2.48 bits per heavy atom. The Balaban J connectivity index is 2.01. The predicted molar refractivity (Wildman–Crippen MR) is 81.7 cm³/mol. The average Bonchev–Trinajstić information content (AvgIpc) is 2.52. The summed E-state index contributed by atoms with van der Waals surface area (Å²) in [5, 5.41) is 10.9. The molecule has 0 bridgehead atoms. The molecule has 0 fully saturated rings. The van der Waals surface area contributed by atoms with Crippen LogP contribution in [0.3, 0.4) is 0 Å². The summed E-state index contributed by atoms with van der Waals surface area (Å²) in [4.78, 5) is 22.0. The lowest BCUT2D eigenvalue weighted by Crippen LogP contribution is -2.27. The van der Waals surface area contributed by atoms with E-state index < -0.39 is 11.0 Å². The Morgan fingerprint density at radius 1 is 1.14 bits per heavy atom. The molecule has 1 N–H and O–H groups in total. The van der Waals surface area contributed by atoms with Crippen molar-refractivity contribution in [3.63, 3.8) is 0 Å². The summed E-state index contributed by atoms with van der Waals surface area (Å²) in [5.74, 6) is 0. The molecule has 0 aliphatic rings. The van der Waals surface area contributed by atoms with E-state index in [1.54, 1.807) is 18.2 Å². The van der Waals surface area contributed by atoms with Gasteiger partial charge < -0.3 is 0 Å². The lowest BCUT2D eigenvalue weighted by molar-refractivity contribution is -0.387. The second-order valence-corrected chi connectivity index (χ2v) is 5.18. The molecule has 2 aromatic carbocycles. The zero-order chi connectivity index (χ0) is 15.1. The number of nitro benzene ring substituents is 1. The summed E-state index contributed by atoms with van der Waals surface area (Å²) in [7, 11) is 0. The molecule has 0 aromatic heterocycles. The summed E-state index contributed by atoms with van der Waals surface area (Å²) >= 11 is 1.07. The third-order valence-electron chi connectivity index (χ3n) is 2.80. The fraction of sp³-hybridized carbons (Fsp3) is 0.133. The number of hydrogen-bond donors (Lipinski definition) is 1. The maximum Gasteiger partial charge on any atom is 0.284 e. The van der Waals surface area contributed by atoms with Crippen LogP contribution in [0.15, 0.2) is 59.5 Å². The monoisotopic (exact) mass is 301 g/mol. The van der Waals surface area contributed by atoms with Gasteiger partial charge in [0, 0.05) is 6.07 Å². The van der Waals surface area contributed by atoms with Gasteiger partial charge in [0.2, 0.25) is 6.29 Å².